The van der Waals surface area contributed by atoms with E-state index >= 15 is 0 Å². The molecule has 0 radical (unpaired) electrons. The zero-order valence-corrected chi connectivity index (χ0v) is 10.7. The third-order valence-electron chi connectivity index (χ3n) is 3.40. The molecule has 6 heteroatoms. The Balaban J connectivity index is 2.75. The van der Waals surface area contributed by atoms with Crippen molar-refractivity contribution in [2.45, 2.75) is 38.4 Å². The summed E-state index contributed by atoms with van der Waals surface area (Å²) < 4.78 is 3.27. The SMILES string of the molecule is C=CCn1c(=O)n(CC=C)c(=O)n(C2CCC2)c1=O. The second-order valence-electron chi connectivity index (χ2n) is 4.60. The fourth-order valence-electron chi connectivity index (χ4n) is 2.18. The molecule has 1 heterocycles. The highest BCUT2D eigenvalue weighted by Crippen LogP contribution is 2.28. The van der Waals surface area contributed by atoms with E-state index in [9.17, 15) is 14.4 Å². The molecule has 1 aliphatic rings. The summed E-state index contributed by atoms with van der Waals surface area (Å²) in [5.41, 5.74) is -1.69. The van der Waals surface area contributed by atoms with Crippen LogP contribution in [0.3, 0.4) is 0 Å². The van der Waals surface area contributed by atoms with E-state index < -0.39 is 17.1 Å². The topological polar surface area (TPSA) is 66.0 Å². The van der Waals surface area contributed by atoms with Gasteiger partial charge < -0.3 is 0 Å². The summed E-state index contributed by atoms with van der Waals surface area (Å²) in [6.45, 7) is 7.26. The van der Waals surface area contributed by atoms with Crippen molar-refractivity contribution in [2.24, 2.45) is 0 Å². The Hall–Kier alpha value is -2.11. The number of rotatable bonds is 5. The minimum atomic E-state index is -0.606. The van der Waals surface area contributed by atoms with Gasteiger partial charge in [-0.3, -0.25) is 0 Å². The van der Waals surface area contributed by atoms with Crippen LogP contribution in [0.1, 0.15) is 25.3 Å². The van der Waals surface area contributed by atoms with Gasteiger partial charge >= 0.3 is 17.1 Å². The molecule has 0 amide bonds. The summed E-state index contributed by atoms with van der Waals surface area (Å²) in [4.78, 5) is 36.5. The molecule has 1 fully saturated rings. The largest absolute Gasteiger partial charge is 0.336 e. The highest BCUT2D eigenvalue weighted by molar-refractivity contribution is 4.89. The molecule has 19 heavy (non-hydrogen) atoms. The van der Waals surface area contributed by atoms with E-state index in [0.717, 1.165) is 28.4 Å². The summed E-state index contributed by atoms with van der Waals surface area (Å²) >= 11 is 0. The van der Waals surface area contributed by atoms with Gasteiger partial charge in [0.1, 0.15) is 0 Å². The maximum Gasteiger partial charge on any atom is 0.336 e. The van der Waals surface area contributed by atoms with Crippen molar-refractivity contribution >= 4 is 0 Å². The second-order valence-corrected chi connectivity index (χ2v) is 4.60. The maximum atomic E-state index is 12.2. The van der Waals surface area contributed by atoms with Gasteiger partial charge in [0.15, 0.2) is 0 Å². The molecule has 1 saturated carbocycles. The fourth-order valence-corrected chi connectivity index (χ4v) is 2.18. The number of aromatic nitrogens is 3. The first kappa shape index (κ1) is 13.3. The predicted molar refractivity (Wildman–Crippen MR) is 72.5 cm³/mol. The first-order valence-corrected chi connectivity index (χ1v) is 6.29. The van der Waals surface area contributed by atoms with Crippen molar-refractivity contribution in [3.63, 3.8) is 0 Å². The maximum absolute atomic E-state index is 12.2. The zero-order chi connectivity index (χ0) is 14.0. The number of hydrogen-bond acceptors (Lipinski definition) is 3. The lowest BCUT2D eigenvalue weighted by Crippen LogP contribution is -2.56. The molecule has 0 saturated heterocycles. The lowest BCUT2D eigenvalue weighted by molar-refractivity contribution is 0.276. The Kier molecular flexibility index (Phi) is 3.69. The van der Waals surface area contributed by atoms with Crippen LogP contribution in [-0.4, -0.2) is 13.7 Å². The predicted octanol–water partition coefficient (Wildman–Crippen LogP) is 0.269. The third-order valence-corrected chi connectivity index (χ3v) is 3.40. The van der Waals surface area contributed by atoms with Gasteiger partial charge in [0.25, 0.3) is 0 Å². The van der Waals surface area contributed by atoms with Crippen LogP contribution in [0.5, 0.6) is 0 Å². The minimum absolute atomic E-state index is 0.0901. The van der Waals surface area contributed by atoms with Crippen molar-refractivity contribution in [1.82, 2.24) is 13.7 Å². The van der Waals surface area contributed by atoms with Gasteiger partial charge in [-0.2, -0.15) is 0 Å². The summed E-state index contributed by atoms with van der Waals surface area (Å²) in [6, 6.07) is -0.0901. The molecule has 0 N–H and O–H groups in total. The van der Waals surface area contributed by atoms with Crippen LogP contribution in [0.2, 0.25) is 0 Å². The zero-order valence-electron chi connectivity index (χ0n) is 10.7. The normalized spacial score (nSPS) is 14.9. The van der Waals surface area contributed by atoms with E-state index in [-0.39, 0.29) is 19.1 Å². The van der Waals surface area contributed by atoms with Gasteiger partial charge in [-0.1, -0.05) is 12.2 Å². The van der Waals surface area contributed by atoms with E-state index in [0.29, 0.717) is 0 Å². The van der Waals surface area contributed by atoms with E-state index in [1.54, 1.807) is 0 Å². The molecule has 0 bridgehead atoms. The summed E-state index contributed by atoms with van der Waals surface area (Å²) in [5, 5.41) is 0. The van der Waals surface area contributed by atoms with Crippen LogP contribution >= 0.6 is 0 Å². The number of nitrogens with zero attached hydrogens (tertiary/aromatic N) is 3. The van der Waals surface area contributed by atoms with E-state index in [1.807, 2.05) is 0 Å². The summed E-state index contributed by atoms with van der Waals surface area (Å²) in [6.07, 6.45) is 5.54. The fraction of sp³-hybridized carbons (Fsp3) is 0.462. The Morgan fingerprint density at radius 3 is 1.74 bits per heavy atom. The smallest absolute Gasteiger partial charge is 0.247 e. The lowest BCUT2D eigenvalue weighted by Gasteiger charge is -2.27. The number of allylic oxidation sites excluding steroid dienone is 2. The highest BCUT2D eigenvalue weighted by atomic mass is 16.2. The monoisotopic (exact) mass is 263 g/mol. The molecule has 2 rings (SSSR count). The number of hydrogen-bond donors (Lipinski definition) is 0. The van der Waals surface area contributed by atoms with Gasteiger partial charge in [-0.25, -0.2) is 28.1 Å². The Morgan fingerprint density at radius 2 is 1.42 bits per heavy atom. The second kappa shape index (κ2) is 5.26. The molecule has 0 aliphatic heterocycles. The van der Waals surface area contributed by atoms with Crippen molar-refractivity contribution < 1.29 is 0 Å². The molecule has 6 nitrogen and oxygen atoms in total. The van der Waals surface area contributed by atoms with Gasteiger partial charge in [0, 0.05) is 6.04 Å². The Labute approximate surface area is 109 Å². The van der Waals surface area contributed by atoms with Crippen molar-refractivity contribution in [1.29, 1.82) is 0 Å². The summed E-state index contributed by atoms with van der Waals surface area (Å²) in [7, 11) is 0. The Morgan fingerprint density at radius 1 is 0.947 bits per heavy atom. The molecule has 0 atom stereocenters. The van der Waals surface area contributed by atoms with Crippen molar-refractivity contribution in [3.8, 4) is 0 Å². The van der Waals surface area contributed by atoms with E-state index in [4.69, 9.17) is 0 Å². The lowest BCUT2D eigenvalue weighted by atomic mass is 9.93. The van der Waals surface area contributed by atoms with Gasteiger partial charge in [-0.15, -0.1) is 13.2 Å². The molecule has 0 spiro atoms. The quantitative estimate of drug-likeness (QED) is 0.716. The molecule has 1 aromatic heterocycles. The molecule has 1 aromatic rings. The van der Waals surface area contributed by atoms with Crippen molar-refractivity contribution in [2.75, 3.05) is 0 Å². The van der Waals surface area contributed by atoms with Crippen LogP contribution in [-0.2, 0) is 13.1 Å². The van der Waals surface area contributed by atoms with Crippen LogP contribution in [0, 0.1) is 0 Å². The average molecular weight is 263 g/mol. The van der Waals surface area contributed by atoms with E-state index in [2.05, 4.69) is 13.2 Å². The molecular weight excluding hydrogens is 246 g/mol. The van der Waals surface area contributed by atoms with Crippen LogP contribution < -0.4 is 17.1 Å². The van der Waals surface area contributed by atoms with Crippen LogP contribution in [0.25, 0.3) is 0 Å². The molecule has 0 aromatic carbocycles. The molecule has 102 valence electrons. The Bertz CT molecular complexity index is 626. The first-order chi connectivity index (χ1) is 9.11. The average Bonchev–Trinajstić information content (AvgIpc) is 2.33. The minimum Gasteiger partial charge on any atom is -0.247 e. The molecular formula is C13H17N3O3. The first-order valence-electron chi connectivity index (χ1n) is 6.29. The molecule has 0 unspecified atom stereocenters. The van der Waals surface area contributed by atoms with Crippen molar-refractivity contribution in [3.05, 3.63) is 56.8 Å². The van der Waals surface area contributed by atoms with Crippen LogP contribution in [0.15, 0.2) is 39.7 Å². The molecule has 1 aliphatic carbocycles. The van der Waals surface area contributed by atoms with Gasteiger partial charge in [0.05, 0.1) is 13.1 Å². The third kappa shape index (κ3) is 2.14. The van der Waals surface area contributed by atoms with E-state index in [1.165, 1.54) is 16.7 Å². The van der Waals surface area contributed by atoms with Gasteiger partial charge in [0.2, 0.25) is 0 Å². The standard InChI is InChI=1S/C13H17N3O3/c1-3-8-14-11(17)15(9-4-2)13(19)16(12(14)18)10-6-5-7-10/h3-4,10H,1-2,5-9H2. The highest BCUT2D eigenvalue weighted by Gasteiger charge is 2.25. The van der Waals surface area contributed by atoms with Gasteiger partial charge in [-0.05, 0) is 19.3 Å². The van der Waals surface area contributed by atoms with Crippen LogP contribution in [0.4, 0.5) is 0 Å². The summed E-state index contributed by atoms with van der Waals surface area (Å²) in [5.74, 6) is 0.